The van der Waals surface area contributed by atoms with Gasteiger partial charge >= 0.3 is 0 Å². The highest BCUT2D eigenvalue weighted by atomic mass is 28.3. The maximum Gasteiger partial charge on any atom is 0.213 e. The minimum atomic E-state index is -1.34. The van der Waals surface area contributed by atoms with Crippen LogP contribution in [0.2, 0.25) is 19.6 Å². The van der Waals surface area contributed by atoms with Gasteiger partial charge in [-0.1, -0.05) is 19.6 Å². The highest BCUT2D eigenvalue weighted by molar-refractivity contribution is 6.78. The summed E-state index contributed by atoms with van der Waals surface area (Å²) in [6, 6.07) is 3.59. The number of aryl methyl sites for hydroxylation is 1. The Hall–Kier alpha value is -1.07. The average Bonchev–Trinajstić information content (AvgIpc) is 2.27. The van der Waals surface area contributed by atoms with Crippen LogP contribution in [0.15, 0.2) is 12.1 Å². The number of nitrogens with zero attached hydrogens (tertiary/aromatic N) is 1. The molecule has 108 valence electrons. The molecule has 1 heterocycles. The van der Waals surface area contributed by atoms with Crippen LogP contribution >= 0.6 is 0 Å². The predicted octanol–water partition coefficient (Wildman–Crippen LogP) is 3.02. The fourth-order valence-corrected chi connectivity index (χ4v) is 1.82. The van der Waals surface area contributed by atoms with E-state index >= 15 is 0 Å². The highest BCUT2D eigenvalue weighted by Crippen LogP contribution is 2.23. The second kappa shape index (κ2) is 5.92. The van der Waals surface area contributed by atoms with Crippen molar-refractivity contribution < 1.29 is 9.47 Å². The Morgan fingerprint density at radius 2 is 1.84 bits per heavy atom. The Bertz CT molecular complexity index is 428. The van der Waals surface area contributed by atoms with Gasteiger partial charge in [-0.25, -0.2) is 4.98 Å². The van der Waals surface area contributed by atoms with Crippen molar-refractivity contribution in [3.63, 3.8) is 0 Å². The number of hydrogen-bond donors (Lipinski definition) is 1. The molecule has 4 nitrogen and oxygen atoms in total. The lowest BCUT2D eigenvalue weighted by atomic mass is 10.3. The lowest BCUT2D eigenvalue weighted by molar-refractivity contribution is 0.0185. The topological polar surface area (TPSA) is 57.4 Å². The maximum absolute atomic E-state index is 5.95. The molecular formula is C14H26N2O2Si. The Labute approximate surface area is 117 Å². The Kier molecular flexibility index (Phi) is 4.98. The summed E-state index contributed by atoms with van der Waals surface area (Å²) in [6.45, 7) is 14.2. The molecule has 19 heavy (non-hydrogen) atoms. The normalized spacial score (nSPS) is 12.5. The van der Waals surface area contributed by atoms with Gasteiger partial charge in [0.2, 0.25) is 5.88 Å². The molecule has 1 aromatic heterocycles. The summed E-state index contributed by atoms with van der Waals surface area (Å²) >= 11 is 0. The lowest BCUT2D eigenvalue weighted by Crippen LogP contribution is -2.50. The fourth-order valence-electron chi connectivity index (χ4n) is 1.29. The van der Waals surface area contributed by atoms with Gasteiger partial charge in [-0.15, -0.1) is 0 Å². The SMILES string of the molecule is Cc1nc(OCCOC(C)(C)[Si](C)(C)C)ccc1N. The maximum atomic E-state index is 5.95. The minimum Gasteiger partial charge on any atom is -0.475 e. The molecule has 1 aromatic rings. The van der Waals surface area contributed by atoms with E-state index in [2.05, 4.69) is 38.5 Å². The first kappa shape index (κ1) is 16.0. The molecule has 0 radical (unpaired) electrons. The van der Waals surface area contributed by atoms with Crippen LogP contribution in [0.3, 0.4) is 0 Å². The molecule has 0 unspecified atom stereocenters. The smallest absolute Gasteiger partial charge is 0.213 e. The van der Waals surface area contributed by atoms with Gasteiger partial charge in [-0.2, -0.15) is 0 Å². The molecule has 0 atom stereocenters. The first-order valence-corrected chi connectivity index (χ1v) is 10.1. The Morgan fingerprint density at radius 3 is 2.37 bits per heavy atom. The third-order valence-corrected chi connectivity index (χ3v) is 7.46. The molecule has 0 saturated carbocycles. The van der Waals surface area contributed by atoms with Gasteiger partial charge in [-0.05, 0) is 26.8 Å². The molecule has 0 aliphatic carbocycles. The van der Waals surface area contributed by atoms with E-state index in [4.69, 9.17) is 15.2 Å². The summed E-state index contributed by atoms with van der Waals surface area (Å²) in [7, 11) is -1.34. The summed E-state index contributed by atoms with van der Waals surface area (Å²) in [6.07, 6.45) is 0. The van der Waals surface area contributed by atoms with Crippen LogP contribution in [-0.4, -0.2) is 31.5 Å². The monoisotopic (exact) mass is 282 g/mol. The number of hydrogen-bond acceptors (Lipinski definition) is 4. The molecule has 0 spiro atoms. The van der Waals surface area contributed by atoms with Crippen LogP contribution in [0, 0.1) is 6.92 Å². The zero-order chi connectivity index (χ0) is 14.7. The molecule has 0 bridgehead atoms. The number of aromatic nitrogens is 1. The van der Waals surface area contributed by atoms with E-state index in [0.29, 0.717) is 24.8 Å². The molecule has 0 amide bonds. The molecule has 1 rings (SSSR count). The third-order valence-electron chi connectivity index (χ3n) is 3.70. The number of ether oxygens (including phenoxy) is 2. The van der Waals surface area contributed by atoms with Crippen LogP contribution < -0.4 is 10.5 Å². The van der Waals surface area contributed by atoms with E-state index in [0.717, 1.165) is 5.69 Å². The molecule has 2 N–H and O–H groups in total. The average molecular weight is 282 g/mol. The third kappa shape index (κ3) is 4.51. The molecule has 5 heteroatoms. The quantitative estimate of drug-likeness (QED) is 0.643. The van der Waals surface area contributed by atoms with Gasteiger partial charge < -0.3 is 15.2 Å². The van der Waals surface area contributed by atoms with E-state index in [1.807, 2.05) is 13.0 Å². The highest BCUT2D eigenvalue weighted by Gasteiger charge is 2.35. The summed E-state index contributed by atoms with van der Waals surface area (Å²) in [5, 5.41) is -0.0547. The molecule has 0 aliphatic rings. The number of nitrogens with two attached hydrogens (primary N) is 1. The second-order valence-electron chi connectivity index (χ2n) is 6.28. The van der Waals surface area contributed by atoms with Crippen LogP contribution in [0.25, 0.3) is 0 Å². The van der Waals surface area contributed by atoms with Gasteiger partial charge in [0.25, 0.3) is 0 Å². The largest absolute Gasteiger partial charge is 0.475 e. The van der Waals surface area contributed by atoms with E-state index < -0.39 is 8.07 Å². The van der Waals surface area contributed by atoms with Crippen LogP contribution in [0.1, 0.15) is 19.5 Å². The van der Waals surface area contributed by atoms with Gasteiger partial charge in [0.15, 0.2) is 0 Å². The van der Waals surface area contributed by atoms with Crippen molar-refractivity contribution in [2.75, 3.05) is 18.9 Å². The number of rotatable bonds is 6. The first-order chi connectivity index (χ1) is 8.63. The fraction of sp³-hybridized carbons (Fsp3) is 0.643. The van der Waals surface area contributed by atoms with E-state index in [1.54, 1.807) is 6.07 Å². The van der Waals surface area contributed by atoms with Crippen molar-refractivity contribution in [3.8, 4) is 5.88 Å². The van der Waals surface area contributed by atoms with Crippen molar-refractivity contribution in [1.29, 1.82) is 0 Å². The predicted molar refractivity (Wildman–Crippen MR) is 82.3 cm³/mol. The van der Waals surface area contributed by atoms with Crippen molar-refractivity contribution in [2.24, 2.45) is 0 Å². The number of anilines is 1. The van der Waals surface area contributed by atoms with Crippen LogP contribution in [-0.2, 0) is 4.74 Å². The zero-order valence-corrected chi connectivity index (χ0v) is 13.9. The van der Waals surface area contributed by atoms with Crippen molar-refractivity contribution in [3.05, 3.63) is 17.8 Å². The van der Waals surface area contributed by atoms with Crippen molar-refractivity contribution >= 4 is 13.8 Å². The molecule has 0 aromatic carbocycles. The molecular weight excluding hydrogens is 256 g/mol. The minimum absolute atomic E-state index is 0.0547. The molecule has 0 aliphatic heterocycles. The number of pyridine rings is 1. The summed E-state index contributed by atoms with van der Waals surface area (Å²) in [5.41, 5.74) is 7.19. The lowest BCUT2D eigenvalue weighted by Gasteiger charge is -2.37. The van der Waals surface area contributed by atoms with E-state index in [-0.39, 0.29) is 5.22 Å². The van der Waals surface area contributed by atoms with Gasteiger partial charge in [0, 0.05) is 6.07 Å². The molecule has 0 saturated heterocycles. The van der Waals surface area contributed by atoms with E-state index in [1.165, 1.54) is 0 Å². The second-order valence-corrected chi connectivity index (χ2v) is 12.0. The van der Waals surface area contributed by atoms with Gasteiger partial charge in [0.1, 0.15) is 6.61 Å². The Balaban J connectivity index is 2.41. The molecule has 0 fully saturated rings. The van der Waals surface area contributed by atoms with E-state index in [9.17, 15) is 0 Å². The summed E-state index contributed by atoms with van der Waals surface area (Å²) < 4.78 is 11.5. The van der Waals surface area contributed by atoms with Gasteiger partial charge in [-0.3, -0.25) is 0 Å². The van der Waals surface area contributed by atoms with Crippen LogP contribution in [0.5, 0.6) is 5.88 Å². The van der Waals surface area contributed by atoms with Crippen LogP contribution in [0.4, 0.5) is 5.69 Å². The van der Waals surface area contributed by atoms with Crippen molar-refractivity contribution in [1.82, 2.24) is 4.98 Å². The standard InChI is InChI=1S/C14H26N2O2Si/c1-11-12(15)7-8-13(16-11)17-9-10-18-14(2,3)19(4,5)6/h7-8H,9-10,15H2,1-6H3. The number of nitrogen functional groups attached to an aromatic ring is 1. The summed E-state index contributed by atoms with van der Waals surface area (Å²) in [5.74, 6) is 0.598. The van der Waals surface area contributed by atoms with Gasteiger partial charge in [0.05, 0.1) is 31.3 Å². The van der Waals surface area contributed by atoms with Crippen molar-refractivity contribution in [2.45, 2.75) is 45.6 Å². The first-order valence-electron chi connectivity index (χ1n) is 6.63. The zero-order valence-electron chi connectivity index (χ0n) is 12.9. The Morgan fingerprint density at radius 1 is 1.21 bits per heavy atom. The summed E-state index contributed by atoms with van der Waals surface area (Å²) in [4.78, 5) is 4.26.